The zero-order valence-electron chi connectivity index (χ0n) is 20.6. The lowest BCUT2D eigenvalue weighted by Gasteiger charge is -2.39. The molecule has 0 spiro atoms. The third kappa shape index (κ3) is 4.82. The van der Waals surface area contributed by atoms with E-state index in [1.165, 1.54) is 24.2 Å². The van der Waals surface area contributed by atoms with Gasteiger partial charge in [-0.3, -0.25) is 9.69 Å². The van der Waals surface area contributed by atoms with E-state index in [4.69, 9.17) is 4.98 Å². The number of carbonyl (C=O) groups excluding carboxylic acids is 1. The van der Waals surface area contributed by atoms with Crippen molar-refractivity contribution < 1.29 is 9.90 Å². The Kier molecular flexibility index (Phi) is 6.86. The van der Waals surface area contributed by atoms with Crippen LogP contribution in [-0.2, 0) is 0 Å². The molecule has 5 rings (SSSR count). The predicted octanol–water partition coefficient (Wildman–Crippen LogP) is 3.30. The highest BCUT2D eigenvalue weighted by atomic mass is 32.1. The van der Waals surface area contributed by atoms with Crippen LogP contribution >= 0.6 is 11.3 Å². The van der Waals surface area contributed by atoms with E-state index in [0.29, 0.717) is 17.7 Å². The molecule has 2 fully saturated rings. The van der Waals surface area contributed by atoms with Gasteiger partial charge >= 0.3 is 0 Å². The van der Waals surface area contributed by atoms with Gasteiger partial charge in [-0.25, -0.2) is 15.0 Å². The molecule has 0 aromatic carbocycles. The largest absolute Gasteiger partial charge is 0.395 e. The maximum Gasteiger partial charge on any atom is 0.263 e. The molecule has 0 radical (unpaired) electrons. The van der Waals surface area contributed by atoms with E-state index >= 15 is 0 Å². The minimum atomic E-state index is 0.0361. The number of likely N-dealkylation sites (N-methyl/N-ethyl adjacent to an activating group) is 1. The molecule has 1 saturated carbocycles. The van der Waals surface area contributed by atoms with Crippen molar-refractivity contribution in [1.29, 1.82) is 0 Å². The molecule has 2 N–H and O–H groups in total. The van der Waals surface area contributed by atoms with Gasteiger partial charge in [0.05, 0.1) is 45.8 Å². The fraction of sp³-hybridized carbons (Fsp3) is 0.520. The van der Waals surface area contributed by atoms with E-state index in [2.05, 4.69) is 25.1 Å². The summed E-state index contributed by atoms with van der Waals surface area (Å²) in [6.07, 6.45) is 8.24. The summed E-state index contributed by atoms with van der Waals surface area (Å²) < 4.78 is 0.944. The lowest BCUT2D eigenvalue weighted by Crippen LogP contribution is -2.53. The Morgan fingerprint density at radius 3 is 2.69 bits per heavy atom. The van der Waals surface area contributed by atoms with Crippen LogP contribution in [-0.4, -0.2) is 89.2 Å². The van der Waals surface area contributed by atoms with Crippen molar-refractivity contribution in [2.75, 3.05) is 57.6 Å². The number of anilines is 3. The van der Waals surface area contributed by atoms with E-state index in [1.807, 2.05) is 31.6 Å². The van der Waals surface area contributed by atoms with Crippen LogP contribution in [0.25, 0.3) is 10.2 Å². The van der Waals surface area contributed by atoms with Gasteiger partial charge in [-0.15, -0.1) is 11.3 Å². The number of pyridine rings is 1. The van der Waals surface area contributed by atoms with Crippen LogP contribution < -0.4 is 10.2 Å². The third-order valence-corrected chi connectivity index (χ3v) is 8.29. The number of nitrogens with zero attached hydrogens (tertiary/aromatic N) is 6. The summed E-state index contributed by atoms with van der Waals surface area (Å²) in [5, 5.41) is 12.9. The molecule has 2 aliphatic rings. The van der Waals surface area contributed by atoms with E-state index < -0.39 is 0 Å². The number of piperazine rings is 1. The number of nitrogens with one attached hydrogen (secondary N) is 1. The standard InChI is InChI=1S/C25H33N7O2S/c1-30(2)24(34)23-21(16-6-4-5-7-16)22-19(35-23)13-27-25(29-22)28-20-9-8-17(12-26-20)32-11-10-31(3)18(14-32)15-33/h8-9,12-13,16,18,33H,4-7,10-11,14-15H2,1-3H3,(H,26,27,28,29)/t18-/m1/s1. The van der Waals surface area contributed by atoms with Crippen molar-refractivity contribution in [3.05, 3.63) is 35.0 Å². The van der Waals surface area contributed by atoms with Gasteiger partial charge in [0.2, 0.25) is 5.95 Å². The summed E-state index contributed by atoms with van der Waals surface area (Å²) in [4.78, 5) is 33.8. The van der Waals surface area contributed by atoms with Crippen molar-refractivity contribution in [3.8, 4) is 0 Å². The number of thiophene rings is 1. The molecule has 35 heavy (non-hydrogen) atoms. The quantitative estimate of drug-likeness (QED) is 0.538. The molecule has 3 aromatic heterocycles. The van der Waals surface area contributed by atoms with Crippen molar-refractivity contribution in [2.45, 2.75) is 37.6 Å². The lowest BCUT2D eigenvalue weighted by molar-refractivity contribution is 0.0831. The molecular formula is C25H33N7O2S. The van der Waals surface area contributed by atoms with Crippen LogP contribution in [0.15, 0.2) is 24.5 Å². The SMILES string of the molecule is CN(C)C(=O)c1sc2cnc(Nc3ccc(N4CCN(C)[C@@H](CO)C4)cn3)nc2c1C1CCCC1. The molecule has 3 aromatic rings. The molecule has 1 amide bonds. The Morgan fingerprint density at radius 2 is 2.00 bits per heavy atom. The van der Waals surface area contributed by atoms with Crippen LogP contribution in [0.3, 0.4) is 0 Å². The average Bonchev–Trinajstić information content (AvgIpc) is 3.52. The maximum absolute atomic E-state index is 12.9. The minimum Gasteiger partial charge on any atom is -0.395 e. The number of hydrogen-bond acceptors (Lipinski definition) is 9. The number of hydrogen-bond donors (Lipinski definition) is 2. The first kappa shape index (κ1) is 23.9. The number of carbonyl (C=O) groups is 1. The zero-order chi connectivity index (χ0) is 24.5. The van der Waals surface area contributed by atoms with Crippen LogP contribution in [0.5, 0.6) is 0 Å². The molecule has 10 heteroatoms. The normalized spacial score (nSPS) is 19.4. The third-order valence-electron chi connectivity index (χ3n) is 7.17. The summed E-state index contributed by atoms with van der Waals surface area (Å²) in [6, 6.07) is 4.10. The molecule has 4 heterocycles. The Labute approximate surface area is 209 Å². The number of aromatic nitrogens is 3. The molecule has 9 nitrogen and oxygen atoms in total. The Morgan fingerprint density at radius 1 is 1.20 bits per heavy atom. The highest BCUT2D eigenvalue weighted by Crippen LogP contribution is 2.43. The number of aliphatic hydroxyl groups excluding tert-OH is 1. The smallest absolute Gasteiger partial charge is 0.263 e. The first-order valence-corrected chi connectivity index (χ1v) is 13.1. The monoisotopic (exact) mass is 495 g/mol. The van der Waals surface area contributed by atoms with Crippen molar-refractivity contribution in [3.63, 3.8) is 0 Å². The minimum absolute atomic E-state index is 0.0361. The van der Waals surface area contributed by atoms with Gasteiger partial charge in [0, 0.05) is 39.3 Å². The maximum atomic E-state index is 12.9. The first-order chi connectivity index (χ1) is 16.9. The van der Waals surface area contributed by atoms with Crippen LogP contribution in [0.4, 0.5) is 17.5 Å². The molecule has 0 bridgehead atoms. The summed E-state index contributed by atoms with van der Waals surface area (Å²) in [5.41, 5.74) is 3.00. The van der Waals surface area contributed by atoms with E-state index in [9.17, 15) is 9.90 Å². The second-order valence-corrected chi connectivity index (χ2v) is 10.8. The fourth-order valence-electron chi connectivity index (χ4n) is 5.07. The molecule has 1 aliphatic heterocycles. The zero-order valence-corrected chi connectivity index (χ0v) is 21.4. The van der Waals surface area contributed by atoms with E-state index in [1.54, 1.807) is 19.0 Å². The molecule has 0 unspecified atom stereocenters. The Hall–Kier alpha value is -2.82. The predicted molar refractivity (Wildman–Crippen MR) is 140 cm³/mol. The summed E-state index contributed by atoms with van der Waals surface area (Å²) in [5.74, 6) is 1.56. The first-order valence-electron chi connectivity index (χ1n) is 12.2. The van der Waals surface area contributed by atoms with Crippen molar-refractivity contribution in [1.82, 2.24) is 24.8 Å². The van der Waals surface area contributed by atoms with Crippen LogP contribution in [0, 0.1) is 0 Å². The van der Waals surface area contributed by atoms with E-state index in [0.717, 1.165) is 58.8 Å². The number of aliphatic hydroxyl groups is 1. The fourth-order valence-corrected chi connectivity index (χ4v) is 6.29. The molecule has 1 atom stereocenters. The Balaban J connectivity index is 1.39. The van der Waals surface area contributed by atoms with Crippen LogP contribution in [0.2, 0.25) is 0 Å². The number of amides is 1. The van der Waals surface area contributed by atoms with Crippen LogP contribution in [0.1, 0.15) is 46.8 Å². The number of rotatable bonds is 6. The average molecular weight is 496 g/mol. The molecule has 1 aliphatic carbocycles. The summed E-state index contributed by atoms with van der Waals surface area (Å²) in [7, 11) is 5.64. The summed E-state index contributed by atoms with van der Waals surface area (Å²) >= 11 is 1.50. The Bertz CT molecular complexity index is 1190. The van der Waals surface area contributed by atoms with Gasteiger partial charge in [0.25, 0.3) is 5.91 Å². The van der Waals surface area contributed by atoms with E-state index in [-0.39, 0.29) is 18.6 Å². The molecule has 186 valence electrons. The van der Waals surface area contributed by atoms with Gasteiger partial charge in [-0.2, -0.15) is 0 Å². The van der Waals surface area contributed by atoms with Gasteiger partial charge in [-0.05, 0) is 37.9 Å². The van der Waals surface area contributed by atoms with Gasteiger partial charge in [-0.1, -0.05) is 12.8 Å². The molecular weight excluding hydrogens is 462 g/mol. The second-order valence-electron chi connectivity index (χ2n) is 9.72. The van der Waals surface area contributed by atoms with Crippen molar-refractivity contribution in [2.24, 2.45) is 0 Å². The van der Waals surface area contributed by atoms with Gasteiger partial charge < -0.3 is 20.2 Å². The lowest BCUT2D eigenvalue weighted by atomic mass is 9.96. The second kappa shape index (κ2) is 10.0. The van der Waals surface area contributed by atoms with Crippen molar-refractivity contribution >= 4 is 44.9 Å². The molecule has 1 saturated heterocycles. The highest BCUT2D eigenvalue weighted by Gasteiger charge is 2.29. The number of fused-ring (bicyclic) bond motifs is 1. The topological polar surface area (TPSA) is 97.7 Å². The summed E-state index contributed by atoms with van der Waals surface area (Å²) in [6.45, 7) is 2.73. The van der Waals surface area contributed by atoms with Gasteiger partial charge in [0.15, 0.2) is 0 Å². The van der Waals surface area contributed by atoms with Gasteiger partial charge in [0.1, 0.15) is 5.82 Å². The highest BCUT2D eigenvalue weighted by molar-refractivity contribution is 7.21.